The van der Waals surface area contributed by atoms with Crippen LogP contribution in [0, 0.1) is 17.3 Å². The van der Waals surface area contributed by atoms with Gasteiger partial charge in [0.25, 0.3) is 0 Å². The van der Waals surface area contributed by atoms with Crippen molar-refractivity contribution < 1.29 is 9.53 Å². The number of nitrogens with one attached hydrogen (secondary N) is 1. The van der Waals surface area contributed by atoms with Crippen LogP contribution in [-0.2, 0) is 9.53 Å². The minimum Gasteiger partial charge on any atom is -0.381 e. The Labute approximate surface area is 174 Å². The van der Waals surface area contributed by atoms with Crippen LogP contribution in [-0.4, -0.2) is 74.7 Å². The number of nitrogens with zero attached hydrogens (tertiary/aromatic N) is 3. The molecular weight excluding hydrogens is 443 g/mol. The van der Waals surface area contributed by atoms with Gasteiger partial charge in [-0.2, -0.15) is 0 Å². The maximum atomic E-state index is 12.0. The molecule has 4 atom stereocenters. The molecule has 4 aliphatic rings. The molecule has 4 rings (SSSR count). The first-order chi connectivity index (χ1) is 12.0. The molecule has 4 unspecified atom stereocenters. The molecule has 0 aromatic carbocycles. The Hall–Kier alpha value is -0.570. The maximum Gasteiger partial charge on any atom is 0.243 e. The van der Waals surface area contributed by atoms with Crippen LogP contribution in [0.1, 0.15) is 38.5 Å². The molecule has 2 aliphatic heterocycles. The third-order valence-electron chi connectivity index (χ3n) is 6.84. The molecule has 1 amide bonds. The molecule has 1 N–H and O–H groups in total. The number of halogens is 1. The zero-order valence-electron chi connectivity index (χ0n) is 16.1. The van der Waals surface area contributed by atoms with Crippen LogP contribution in [0.2, 0.25) is 0 Å². The summed E-state index contributed by atoms with van der Waals surface area (Å²) in [6, 6.07) is 0.545. The van der Waals surface area contributed by atoms with E-state index in [0.29, 0.717) is 11.5 Å². The number of guanidine groups is 1. The van der Waals surface area contributed by atoms with E-state index in [2.05, 4.69) is 10.2 Å². The molecule has 1 spiro atoms. The number of ether oxygens (including phenoxy) is 1. The van der Waals surface area contributed by atoms with Gasteiger partial charge in [0.05, 0.1) is 6.61 Å². The van der Waals surface area contributed by atoms with E-state index < -0.39 is 0 Å². The minimum absolute atomic E-state index is 0. The highest BCUT2D eigenvalue weighted by molar-refractivity contribution is 14.0. The minimum atomic E-state index is 0. The lowest BCUT2D eigenvalue weighted by molar-refractivity contribution is -0.127. The SMILES string of the molecule is CN(C)C(=O)CN=C(NC1CC2CCC1C2)N1CCC2(CCOC2)C1.I. The van der Waals surface area contributed by atoms with E-state index in [9.17, 15) is 4.79 Å². The average Bonchev–Trinajstić information content (AvgIpc) is 3.37. The summed E-state index contributed by atoms with van der Waals surface area (Å²) < 4.78 is 5.67. The Morgan fingerprint density at radius 3 is 2.77 bits per heavy atom. The quantitative estimate of drug-likeness (QED) is 0.385. The fraction of sp³-hybridized carbons (Fsp3) is 0.895. The summed E-state index contributed by atoms with van der Waals surface area (Å²) in [4.78, 5) is 20.8. The zero-order chi connectivity index (χ0) is 17.4. The van der Waals surface area contributed by atoms with Crippen LogP contribution in [0.3, 0.4) is 0 Å². The second-order valence-electron chi connectivity index (χ2n) is 8.83. The molecule has 0 aromatic heterocycles. The van der Waals surface area contributed by atoms with Crippen molar-refractivity contribution in [2.45, 2.75) is 44.6 Å². The molecule has 0 radical (unpaired) electrons. The van der Waals surface area contributed by atoms with Crippen LogP contribution in [0.15, 0.2) is 4.99 Å². The van der Waals surface area contributed by atoms with Gasteiger partial charge in [0, 0.05) is 45.2 Å². The lowest BCUT2D eigenvalue weighted by Gasteiger charge is -2.30. The Balaban J connectivity index is 0.00000196. The van der Waals surface area contributed by atoms with Crippen LogP contribution >= 0.6 is 24.0 Å². The predicted molar refractivity (Wildman–Crippen MR) is 113 cm³/mol. The Bertz CT molecular complexity index is 548. The van der Waals surface area contributed by atoms with Gasteiger partial charge < -0.3 is 19.9 Å². The third kappa shape index (κ3) is 4.13. The van der Waals surface area contributed by atoms with Crippen molar-refractivity contribution >= 4 is 35.8 Å². The highest BCUT2D eigenvalue weighted by Crippen LogP contribution is 2.44. The number of hydrogen-bond acceptors (Lipinski definition) is 3. The molecule has 148 valence electrons. The largest absolute Gasteiger partial charge is 0.381 e. The first kappa shape index (κ1) is 20.2. The van der Waals surface area contributed by atoms with Crippen LogP contribution in [0.5, 0.6) is 0 Å². The summed E-state index contributed by atoms with van der Waals surface area (Å²) >= 11 is 0. The van der Waals surface area contributed by atoms with E-state index in [-0.39, 0.29) is 36.4 Å². The number of aliphatic imine (C=N–C) groups is 1. The normalized spacial score (nSPS) is 35.8. The van der Waals surface area contributed by atoms with Gasteiger partial charge in [0.1, 0.15) is 6.54 Å². The zero-order valence-corrected chi connectivity index (χ0v) is 18.4. The number of carbonyl (C=O) groups excluding carboxylic acids is 1. The molecule has 2 heterocycles. The fourth-order valence-corrected chi connectivity index (χ4v) is 5.20. The molecule has 2 saturated carbocycles. The second-order valence-corrected chi connectivity index (χ2v) is 8.83. The first-order valence-electron chi connectivity index (χ1n) is 9.88. The Morgan fingerprint density at radius 2 is 2.15 bits per heavy atom. The monoisotopic (exact) mass is 476 g/mol. The third-order valence-corrected chi connectivity index (χ3v) is 6.84. The Morgan fingerprint density at radius 1 is 1.31 bits per heavy atom. The van der Waals surface area contributed by atoms with Crippen molar-refractivity contribution in [2.75, 3.05) is 46.9 Å². The van der Waals surface area contributed by atoms with Crippen molar-refractivity contribution in [2.24, 2.45) is 22.2 Å². The van der Waals surface area contributed by atoms with E-state index in [0.717, 1.165) is 50.5 Å². The molecule has 4 fully saturated rings. The maximum absolute atomic E-state index is 12.0. The fourth-order valence-electron chi connectivity index (χ4n) is 5.20. The molecule has 0 aromatic rings. The number of likely N-dealkylation sites (tertiary alicyclic amines) is 1. The van der Waals surface area contributed by atoms with Gasteiger partial charge in [-0.15, -0.1) is 24.0 Å². The molecular formula is C19H33IN4O2. The van der Waals surface area contributed by atoms with Crippen molar-refractivity contribution in [3.05, 3.63) is 0 Å². The van der Waals surface area contributed by atoms with Crippen molar-refractivity contribution in [3.63, 3.8) is 0 Å². The van der Waals surface area contributed by atoms with Gasteiger partial charge in [-0.1, -0.05) is 6.42 Å². The molecule has 2 aliphatic carbocycles. The number of hydrogen-bond donors (Lipinski definition) is 1. The predicted octanol–water partition coefficient (Wildman–Crippen LogP) is 1.94. The van der Waals surface area contributed by atoms with Crippen molar-refractivity contribution in [1.29, 1.82) is 0 Å². The van der Waals surface area contributed by atoms with Gasteiger partial charge >= 0.3 is 0 Å². The van der Waals surface area contributed by atoms with Gasteiger partial charge in [-0.25, -0.2) is 4.99 Å². The van der Waals surface area contributed by atoms with Crippen LogP contribution in [0.25, 0.3) is 0 Å². The summed E-state index contributed by atoms with van der Waals surface area (Å²) in [7, 11) is 3.59. The van der Waals surface area contributed by atoms with Crippen molar-refractivity contribution in [3.8, 4) is 0 Å². The van der Waals surface area contributed by atoms with E-state index >= 15 is 0 Å². The van der Waals surface area contributed by atoms with Gasteiger partial charge in [0.2, 0.25) is 5.91 Å². The molecule has 6 nitrogen and oxygen atoms in total. The second kappa shape index (κ2) is 8.20. The average molecular weight is 476 g/mol. The standard InChI is InChI=1S/C19H32N4O2.HI/c1-22(2)17(24)11-20-18(21-16-10-14-3-4-15(16)9-14)23-7-5-19(12-23)6-8-25-13-19;/h14-16H,3-13H2,1-2H3,(H,20,21);1H. The smallest absolute Gasteiger partial charge is 0.243 e. The van der Waals surface area contributed by atoms with Gasteiger partial charge in [0.15, 0.2) is 5.96 Å². The Kier molecular flexibility index (Phi) is 6.37. The summed E-state index contributed by atoms with van der Waals surface area (Å²) in [6.45, 7) is 4.03. The number of likely N-dealkylation sites (N-methyl/N-ethyl adjacent to an activating group) is 1. The lowest BCUT2D eigenvalue weighted by Crippen LogP contribution is -2.48. The molecule has 7 heteroatoms. The van der Waals surface area contributed by atoms with E-state index in [1.165, 1.54) is 32.1 Å². The van der Waals surface area contributed by atoms with Gasteiger partial charge in [-0.05, 0) is 43.9 Å². The lowest BCUT2D eigenvalue weighted by atomic mass is 9.87. The number of rotatable bonds is 3. The molecule has 2 bridgehead atoms. The highest BCUT2D eigenvalue weighted by atomic mass is 127. The molecule has 2 saturated heterocycles. The summed E-state index contributed by atoms with van der Waals surface area (Å²) in [5.41, 5.74) is 0.308. The first-order valence-corrected chi connectivity index (χ1v) is 9.88. The number of carbonyl (C=O) groups is 1. The topological polar surface area (TPSA) is 57.2 Å². The van der Waals surface area contributed by atoms with Crippen LogP contribution in [0.4, 0.5) is 0 Å². The van der Waals surface area contributed by atoms with E-state index in [4.69, 9.17) is 9.73 Å². The molecule has 26 heavy (non-hydrogen) atoms. The summed E-state index contributed by atoms with van der Waals surface area (Å²) in [5.74, 6) is 2.72. The van der Waals surface area contributed by atoms with Crippen LogP contribution < -0.4 is 5.32 Å². The summed E-state index contributed by atoms with van der Waals surface area (Å²) in [5, 5.41) is 3.75. The number of fused-ring (bicyclic) bond motifs is 2. The van der Waals surface area contributed by atoms with E-state index in [1.54, 1.807) is 19.0 Å². The number of amides is 1. The van der Waals surface area contributed by atoms with Crippen molar-refractivity contribution in [1.82, 2.24) is 15.1 Å². The summed E-state index contributed by atoms with van der Waals surface area (Å²) in [6.07, 6.45) is 7.73. The van der Waals surface area contributed by atoms with E-state index in [1.807, 2.05) is 0 Å². The highest BCUT2D eigenvalue weighted by Gasteiger charge is 2.44. The van der Waals surface area contributed by atoms with Gasteiger partial charge in [-0.3, -0.25) is 4.79 Å².